The van der Waals surface area contributed by atoms with E-state index in [0.717, 1.165) is 26.1 Å². The molecule has 0 bridgehead atoms. The Morgan fingerprint density at radius 2 is 2.07 bits per heavy atom. The molecule has 0 aromatic heterocycles. The van der Waals surface area contributed by atoms with Crippen molar-refractivity contribution in [2.45, 2.75) is 17.4 Å². The second-order valence-corrected chi connectivity index (χ2v) is 4.79. The van der Waals surface area contributed by atoms with E-state index in [1.165, 1.54) is 10.5 Å². The highest BCUT2D eigenvalue weighted by Crippen LogP contribution is 2.15. The van der Waals surface area contributed by atoms with E-state index in [1.807, 2.05) is 0 Å². The van der Waals surface area contributed by atoms with Crippen molar-refractivity contribution in [2.24, 2.45) is 0 Å². The summed E-state index contributed by atoms with van der Waals surface area (Å²) < 4.78 is 0. The van der Waals surface area contributed by atoms with Gasteiger partial charge in [0.2, 0.25) is 0 Å². The number of hydrogen-bond acceptors (Lipinski definition) is 3. The van der Waals surface area contributed by atoms with Gasteiger partial charge in [0.05, 0.1) is 0 Å². The molecule has 1 heterocycles. The zero-order valence-electron chi connectivity index (χ0n) is 9.12. The van der Waals surface area contributed by atoms with Gasteiger partial charge in [0.25, 0.3) is 0 Å². The standard InChI is InChI=1S/C12H18N2S/c1-15-12-4-2-10(3-5-12)8-11-9-13-6-7-14-11/h2-5,11,13-14H,6-9H2,1H3. The van der Waals surface area contributed by atoms with Gasteiger partial charge in [-0.15, -0.1) is 11.8 Å². The third kappa shape index (κ3) is 3.23. The number of piperazine rings is 1. The summed E-state index contributed by atoms with van der Waals surface area (Å²) in [7, 11) is 0. The highest BCUT2D eigenvalue weighted by molar-refractivity contribution is 7.98. The van der Waals surface area contributed by atoms with E-state index >= 15 is 0 Å². The molecule has 1 fully saturated rings. The van der Waals surface area contributed by atoms with Gasteiger partial charge in [-0.1, -0.05) is 12.1 Å². The summed E-state index contributed by atoms with van der Waals surface area (Å²) in [6, 6.07) is 9.48. The first-order chi connectivity index (χ1) is 7.38. The first-order valence-corrected chi connectivity index (χ1v) is 6.68. The molecule has 1 aromatic carbocycles. The molecule has 2 nitrogen and oxygen atoms in total. The normalized spacial score (nSPS) is 21.5. The van der Waals surface area contributed by atoms with Crippen LogP contribution in [-0.2, 0) is 6.42 Å². The van der Waals surface area contributed by atoms with Gasteiger partial charge in [-0.05, 0) is 30.4 Å². The fourth-order valence-electron chi connectivity index (χ4n) is 1.90. The van der Waals surface area contributed by atoms with E-state index in [9.17, 15) is 0 Å². The van der Waals surface area contributed by atoms with Crippen LogP contribution in [0.2, 0.25) is 0 Å². The van der Waals surface area contributed by atoms with Crippen LogP contribution in [0, 0.1) is 0 Å². The minimum Gasteiger partial charge on any atom is -0.314 e. The molecule has 0 radical (unpaired) electrons. The summed E-state index contributed by atoms with van der Waals surface area (Å²) in [5, 5.41) is 6.94. The molecule has 1 aliphatic heterocycles. The van der Waals surface area contributed by atoms with E-state index in [2.05, 4.69) is 41.2 Å². The van der Waals surface area contributed by atoms with E-state index in [1.54, 1.807) is 11.8 Å². The Labute approximate surface area is 95.8 Å². The molecule has 1 aliphatic rings. The Kier molecular flexibility index (Phi) is 4.06. The SMILES string of the molecule is CSc1ccc(CC2CNCCN2)cc1. The van der Waals surface area contributed by atoms with Crippen LogP contribution in [0.15, 0.2) is 29.2 Å². The first kappa shape index (κ1) is 11.0. The number of rotatable bonds is 3. The van der Waals surface area contributed by atoms with E-state index in [-0.39, 0.29) is 0 Å². The average molecular weight is 222 g/mol. The molecule has 3 heteroatoms. The lowest BCUT2D eigenvalue weighted by molar-refractivity contribution is 0.416. The van der Waals surface area contributed by atoms with E-state index < -0.39 is 0 Å². The third-order valence-corrected chi connectivity index (χ3v) is 3.51. The summed E-state index contributed by atoms with van der Waals surface area (Å²) in [5.41, 5.74) is 1.43. The van der Waals surface area contributed by atoms with Crippen molar-refractivity contribution in [2.75, 3.05) is 25.9 Å². The highest BCUT2D eigenvalue weighted by atomic mass is 32.2. The van der Waals surface area contributed by atoms with Crippen LogP contribution in [0.5, 0.6) is 0 Å². The maximum atomic E-state index is 3.53. The largest absolute Gasteiger partial charge is 0.314 e. The Morgan fingerprint density at radius 3 is 2.67 bits per heavy atom. The number of benzene rings is 1. The topological polar surface area (TPSA) is 24.1 Å². The number of hydrogen-bond donors (Lipinski definition) is 2. The quantitative estimate of drug-likeness (QED) is 0.758. The van der Waals surface area contributed by atoms with Crippen LogP contribution in [0.4, 0.5) is 0 Å². The van der Waals surface area contributed by atoms with Gasteiger partial charge >= 0.3 is 0 Å². The number of nitrogens with one attached hydrogen (secondary N) is 2. The van der Waals surface area contributed by atoms with Gasteiger partial charge in [-0.25, -0.2) is 0 Å². The first-order valence-electron chi connectivity index (χ1n) is 5.45. The number of thioether (sulfide) groups is 1. The predicted molar refractivity (Wildman–Crippen MR) is 66.6 cm³/mol. The van der Waals surface area contributed by atoms with Crippen molar-refractivity contribution in [3.8, 4) is 0 Å². The maximum Gasteiger partial charge on any atom is 0.0233 e. The Hall–Kier alpha value is -0.510. The third-order valence-electron chi connectivity index (χ3n) is 2.77. The fourth-order valence-corrected chi connectivity index (χ4v) is 2.31. The maximum absolute atomic E-state index is 3.53. The van der Waals surface area contributed by atoms with Crippen LogP contribution in [0.1, 0.15) is 5.56 Å². The van der Waals surface area contributed by atoms with Gasteiger partial charge in [0.15, 0.2) is 0 Å². The van der Waals surface area contributed by atoms with Crippen LogP contribution in [0.25, 0.3) is 0 Å². The second-order valence-electron chi connectivity index (χ2n) is 3.91. The molecule has 2 N–H and O–H groups in total. The average Bonchev–Trinajstić information content (AvgIpc) is 2.31. The van der Waals surface area contributed by atoms with Crippen LogP contribution in [-0.4, -0.2) is 31.9 Å². The van der Waals surface area contributed by atoms with Crippen molar-refractivity contribution in [3.63, 3.8) is 0 Å². The van der Waals surface area contributed by atoms with Crippen molar-refractivity contribution < 1.29 is 0 Å². The molecule has 0 aliphatic carbocycles. The summed E-state index contributed by atoms with van der Waals surface area (Å²) in [4.78, 5) is 1.34. The van der Waals surface area contributed by atoms with Crippen molar-refractivity contribution >= 4 is 11.8 Å². The van der Waals surface area contributed by atoms with Crippen LogP contribution >= 0.6 is 11.8 Å². The van der Waals surface area contributed by atoms with Crippen LogP contribution < -0.4 is 10.6 Å². The molecule has 0 amide bonds. The van der Waals surface area contributed by atoms with E-state index in [4.69, 9.17) is 0 Å². The summed E-state index contributed by atoms with van der Waals surface area (Å²) in [6.45, 7) is 3.28. The highest BCUT2D eigenvalue weighted by Gasteiger charge is 2.11. The fraction of sp³-hybridized carbons (Fsp3) is 0.500. The minimum absolute atomic E-state index is 0.596. The molecule has 0 spiro atoms. The summed E-state index contributed by atoms with van der Waals surface area (Å²) in [6.07, 6.45) is 3.24. The molecule has 2 rings (SSSR count). The molecule has 1 saturated heterocycles. The Bertz CT molecular complexity index is 291. The lowest BCUT2D eigenvalue weighted by Crippen LogP contribution is -2.49. The lowest BCUT2D eigenvalue weighted by Gasteiger charge is -2.24. The molecule has 15 heavy (non-hydrogen) atoms. The summed E-state index contributed by atoms with van der Waals surface area (Å²) in [5.74, 6) is 0. The van der Waals surface area contributed by atoms with Gasteiger partial charge in [0.1, 0.15) is 0 Å². The van der Waals surface area contributed by atoms with Gasteiger partial charge in [-0.2, -0.15) is 0 Å². The smallest absolute Gasteiger partial charge is 0.0233 e. The van der Waals surface area contributed by atoms with Gasteiger partial charge in [-0.3, -0.25) is 0 Å². The monoisotopic (exact) mass is 222 g/mol. The molecular formula is C12H18N2S. The minimum atomic E-state index is 0.596. The van der Waals surface area contributed by atoms with Crippen molar-refractivity contribution in [1.29, 1.82) is 0 Å². The van der Waals surface area contributed by atoms with Gasteiger partial charge < -0.3 is 10.6 Å². The Morgan fingerprint density at radius 1 is 1.27 bits per heavy atom. The zero-order valence-corrected chi connectivity index (χ0v) is 9.94. The predicted octanol–water partition coefficient (Wildman–Crippen LogP) is 1.51. The molecule has 82 valence electrons. The van der Waals surface area contributed by atoms with E-state index in [0.29, 0.717) is 6.04 Å². The van der Waals surface area contributed by atoms with Crippen LogP contribution in [0.3, 0.4) is 0 Å². The Balaban J connectivity index is 1.91. The molecule has 1 aromatic rings. The van der Waals surface area contributed by atoms with Gasteiger partial charge in [0, 0.05) is 30.6 Å². The molecular weight excluding hydrogens is 204 g/mol. The summed E-state index contributed by atoms with van der Waals surface area (Å²) >= 11 is 1.80. The molecule has 1 atom stereocenters. The molecule has 0 saturated carbocycles. The molecule has 1 unspecified atom stereocenters. The second kappa shape index (κ2) is 5.54. The zero-order chi connectivity index (χ0) is 10.5. The lowest BCUT2D eigenvalue weighted by atomic mass is 10.1. The van der Waals surface area contributed by atoms with Crippen molar-refractivity contribution in [1.82, 2.24) is 10.6 Å². The van der Waals surface area contributed by atoms with Crippen molar-refractivity contribution in [3.05, 3.63) is 29.8 Å².